The number of carboxylic acid groups (broad SMARTS) is 1. The van der Waals surface area contributed by atoms with Gasteiger partial charge >= 0.3 is 5.97 Å². The second-order valence-electron chi connectivity index (χ2n) is 12.0. The summed E-state index contributed by atoms with van der Waals surface area (Å²) in [6.45, 7) is 5.37. The zero-order valence-corrected chi connectivity index (χ0v) is 24.3. The Morgan fingerprint density at radius 2 is 1.51 bits per heavy atom. The Morgan fingerprint density at radius 3 is 2.15 bits per heavy atom. The fourth-order valence-electron chi connectivity index (χ4n) is 6.35. The largest absolute Gasteiger partial charge is 0.481 e. The van der Waals surface area contributed by atoms with Crippen molar-refractivity contribution in [3.05, 3.63) is 107 Å². The van der Waals surface area contributed by atoms with Crippen LogP contribution in [0.5, 0.6) is 0 Å². The molecule has 1 N–H and O–H groups in total. The third kappa shape index (κ3) is 6.24. The number of ketones is 3. The Bertz CT molecular complexity index is 1390. The van der Waals surface area contributed by atoms with E-state index in [1.165, 1.54) is 5.56 Å². The molecule has 1 aliphatic rings. The van der Waals surface area contributed by atoms with E-state index in [1.54, 1.807) is 62.4 Å². The van der Waals surface area contributed by atoms with Crippen LogP contribution >= 0.6 is 0 Å². The standard InChI is InChI=1S/C36H40O5/c1-4-35(2,3)33(39)32(38)30-26(19-11-16-25-14-7-5-8-15-25)21-13-23-36(30,34(40)41)29-22-12-20-28(24-29)31(37)27-17-9-6-10-18-27/h5-10,12,14-15,17-18,20,22,24,26,30H,4,11,13,16,19,21,23H2,1-3H3,(H,40,41)/t26?,30?,36-/m0/s1. The van der Waals surface area contributed by atoms with Crippen molar-refractivity contribution in [1.82, 2.24) is 0 Å². The van der Waals surface area contributed by atoms with E-state index in [9.17, 15) is 24.3 Å². The van der Waals surface area contributed by atoms with Crippen molar-refractivity contribution in [2.75, 3.05) is 0 Å². The quantitative estimate of drug-likeness (QED) is 0.189. The van der Waals surface area contributed by atoms with E-state index in [1.807, 2.05) is 31.2 Å². The molecule has 0 spiro atoms. The second kappa shape index (κ2) is 12.8. The first-order chi connectivity index (χ1) is 19.6. The SMILES string of the molecule is CCC(C)(C)C(=O)C(=O)C1C(CCCc2ccccc2)CCC[C@]1(C(=O)O)c1cccc(C(=O)c2ccccc2)c1. The maximum absolute atomic E-state index is 14.2. The monoisotopic (exact) mass is 552 g/mol. The average Bonchev–Trinajstić information content (AvgIpc) is 3.00. The zero-order valence-electron chi connectivity index (χ0n) is 24.3. The molecule has 0 aromatic heterocycles. The molecule has 1 aliphatic carbocycles. The number of hydrogen-bond acceptors (Lipinski definition) is 4. The lowest BCUT2D eigenvalue weighted by Gasteiger charge is -2.45. The molecule has 3 atom stereocenters. The summed E-state index contributed by atoms with van der Waals surface area (Å²) in [6.07, 6.45) is 4.25. The zero-order chi connectivity index (χ0) is 29.6. The van der Waals surface area contributed by atoms with Crippen molar-refractivity contribution in [1.29, 1.82) is 0 Å². The lowest BCUT2D eigenvalue weighted by Crippen LogP contribution is -2.55. The summed E-state index contributed by atoms with van der Waals surface area (Å²) >= 11 is 0. The van der Waals surface area contributed by atoms with Crippen LogP contribution in [-0.4, -0.2) is 28.4 Å². The Labute approximate surface area is 243 Å². The van der Waals surface area contributed by atoms with Gasteiger partial charge in [0, 0.05) is 22.5 Å². The van der Waals surface area contributed by atoms with Crippen LogP contribution in [0.25, 0.3) is 0 Å². The van der Waals surface area contributed by atoms with Crippen LogP contribution in [0, 0.1) is 17.3 Å². The van der Waals surface area contributed by atoms with E-state index >= 15 is 0 Å². The number of carbonyl (C=O) groups excluding carboxylic acids is 3. The molecule has 0 saturated heterocycles. The normalized spacial score (nSPS) is 20.8. The second-order valence-corrected chi connectivity index (χ2v) is 12.0. The van der Waals surface area contributed by atoms with Crippen LogP contribution < -0.4 is 0 Å². The summed E-state index contributed by atoms with van der Waals surface area (Å²) in [4.78, 5) is 54.5. The summed E-state index contributed by atoms with van der Waals surface area (Å²) in [5.74, 6) is -3.71. The molecule has 5 heteroatoms. The molecule has 4 rings (SSSR count). The summed E-state index contributed by atoms with van der Waals surface area (Å²) in [5.41, 5.74) is -0.0144. The van der Waals surface area contributed by atoms with Crippen molar-refractivity contribution in [2.24, 2.45) is 17.3 Å². The van der Waals surface area contributed by atoms with Gasteiger partial charge in [0.05, 0.1) is 0 Å². The topological polar surface area (TPSA) is 88.5 Å². The molecule has 2 unspecified atom stereocenters. The van der Waals surface area contributed by atoms with E-state index in [-0.39, 0.29) is 18.1 Å². The number of Topliss-reactive ketones (excluding diaryl/α,β-unsaturated/α-hetero) is 2. The lowest BCUT2D eigenvalue weighted by atomic mass is 9.55. The summed E-state index contributed by atoms with van der Waals surface area (Å²) in [7, 11) is 0. The number of carboxylic acids is 1. The number of aryl methyl sites for hydroxylation is 1. The van der Waals surface area contributed by atoms with Gasteiger partial charge < -0.3 is 5.11 Å². The van der Waals surface area contributed by atoms with Crippen molar-refractivity contribution < 1.29 is 24.3 Å². The molecular weight excluding hydrogens is 512 g/mol. The molecule has 0 amide bonds. The van der Waals surface area contributed by atoms with Gasteiger partial charge in [0.2, 0.25) is 11.6 Å². The Balaban J connectivity index is 1.77. The van der Waals surface area contributed by atoms with Gasteiger partial charge in [-0.15, -0.1) is 0 Å². The minimum absolute atomic E-state index is 0.214. The predicted molar refractivity (Wildman–Crippen MR) is 160 cm³/mol. The van der Waals surface area contributed by atoms with E-state index in [2.05, 4.69) is 12.1 Å². The summed E-state index contributed by atoms with van der Waals surface area (Å²) in [5, 5.41) is 10.9. The van der Waals surface area contributed by atoms with Crippen molar-refractivity contribution >= 4 is 23.3 Å². The first kappa shape index (κ1) is 30.1. The maximum Gasteiger partial charge on any atom is 0.314 e. The minimum Gasteiger partial charge on any atom is -0.481 e. The van der Waals surface area contributed by atoms with E-state index in [0.29, 0.717) is 42.4 Å². The van der Waals surface area contributed by atoms with Gasteiger partial charge in [0.1, 0.15) is 5.41 Å². The van der Waals surface area contributed by atoms with Crippen molar-refractivity contribution in [2.45, 2.75) is 71.1 Å². The summed E-state index contributed by atoms with van der Waals surface area (Å²) in [6, 6.07) is 25.6. The third-order valence-electron chi connectivity index (χ3n) is 9.09. The van der Waals surface area contributed by atoms with Crippen LogP contribution in [0.4, 0.5) is 0 Å². The van der Waals surface area contributed by atoms with Gasteiger partial charge in [0.15, 0.2) is 5.78 Å². The first-order valence-corrected chi connectivity index (χ1v) is 14.7. The van der Waals surface area contributed by atoms with Gasteiger partial charge in [-0.2, -0.15) is 0 Å². The van der Waals surface area contributed by atoms with Gasteiger partial charge in [-0.05, 0) is 61.6 Å². The molecule has 0 radical (unpaired) electrons. The molecular formula is C36H40O5. The van der Waals surface area contributed by atoms with Crippen LogP contribution in [0.15, 0.2) is 84.9 Å². The van der Waals surface area contributed by atoms with Gasteiger partial charge in [0.25, 0.3) is 0 Å². The van der Waals surface area contributed by atoms with Crippen molar-refractivity contribution in [3.8, 4) is 0 Å². The van der Waals surface area contributed by atoms with E-state index < -0.39 is 34.3 Å². The van der Waals surface area contributed by atoms with Crippen LogP contribution in [0.3, 0.4) is 0 Å². The highest BCUT2D eigenvalue weighted by atomic mass is 16.4. The maximum atomic E-state index is 14.2. The minimum atomic E-state index is -1.60. The predicted octanol–water partition coefficient (Wildman–Crippen LogP) is 7.25. The highest BCUT2D eigenvalue weighted by molar-refractivity contribution is 6.40. The first-order valence-electron chi connectivity index (χ1n) is 14.7. The molecule has 0 aliphatic heterocycles. The average molecular weight is 553 g/mol. The highest BCUT2D eigenvalue weighted by Crippen LogP contribution is 2.50. The number of benzene rings is 3. The Hall–Kier alpha value is -3.86. The molecule has 5 nitrogen and oxygen atoms in total. The Morgan fingerprint density at radius 1 is 0.878 bits per heavy atom. The molecule has 3 aromatic carbocycles. The molecule has 3 aromatic rings. The number of rotatable bonds is 12. The van der Waals surface area contributed by atoms with Crippen LogP contribution in [0.1, 0.15) is 86.3 Å². The third-order valence-corrected chi connectivity index (χ3v) is 9.09. The fourth-order valence-corrected chi connectivity index (χ4v) is 6.35. The fraction of sp³-hybridized carbons (Fsp3) is 0.389. The molecule has 0 bridgehead atoms. The molecule has 0 heterocycles. The lowest BCUT2D eigenvalue weighted by molar-refractivity contribution is -0.157. The number of aliphatic carboxylic acids is 1. The Kier molecular flexibility index (Phi) is 9.37. The van der Waals surface area contributed by atoms with Gasteiger partial charge in [-0.25, -0.2) is 0 Å². The van der Waals surface area contributed by atoms with E-state index in [4.69, 9.17) is 0 Å². The molecule has 1 fully saturated rings. The smallest absolute Gasteiger partial charge is 0.314 e. The summed E-state index contributed by atoms with van der Waals surface area (Å²) < 4.78 is 0. The van der Waals surface area contributed by atoms with Gasteiger partial charge in [-0.1, -0.05) is 106 Å². The molecule has 1 saturated carbocycles. The number of carbonyl (C=O) groups is 4. The molecule has 214 valence electrons. The van der Waals surface area contributed by atoms with Gasteiger partial charge in [-0.3, -0.25) is 19.2 Å². The van der Waals surface area contributed by atoms with E-state index in [0.717, 1.165) is 12.8 Å². The number of hydrogen-bond donors (Lipinski definition) is 1. The van der Waals surface area contributed by atoms with Crippen molar-refractivity contribution in [3.63, 3.8) is 0 Å². The van der Waals surface area contributed by atoms with Crippen LogP contribution in [-0.2, 0) is 26.2 Å². The van der Waals surface area contributed by atoms with Crippen LogP contribution in [0.2, 0.25) is 0 Å². The molecule has 41 heavy (non-hydrogen) atoms. The highest BCUT2D eigenvalue weighted by Gasteiger charge is 2.57.